The molecule has 0 fully saturated rings. The van der Waals surface area contributed by atoms with E-state index in [-0.39, 0.29) is 29.3 Å². The largest absolute Gasteiger partial charge is 0.444 e. The van der Waals surface area contributed by atoms with Gasteiger partial charge in [0, 0.05) is 11.6 Å². The van der Waals surface area contributed by atoms with Gasteiger partial charge in [0.25, 0.3) is 0 Å². The Morgan fingerprint density at radius 3 is 2.63 bits per heavy atom. The topological polar surface area (TPSA) is 123 Å². The van der Waals surface area contributed by atoms with E-state index in [2.05, 4.69) is 15.5 Å². The standard InChI is InChI=1S/C21H23N5O4/c1-20(2,3)29-19(28)24-21(4,5)18-23-16(30-25-18)12-26-11-13(10-22)17(27)14-8-6-7-9-15(14)26/h6-9,11H,12H2,1-5H3,(H,24,28). The maximum absolute atomic E-state index is 12.4. The molecule has 0 aliphatic heterocycles. The zero-order chi connectivity index (χ0) is 22.1. The van der Waals surface area contributed by atoms with Crippen LogP contribution in [0.25, 0.3) is 10.9 Å². The van der Waals surface area contributed by atoms with Crippen molar-refractivity contribution >= 4 is 17.0 Å². The van der Waals surface area contributed by atoms with Crippen LogP contribution in [0.15, 0.2) is 39.8 Å². The Hall–Kier alpha value is -3.67. The predicted molar refractivity (Wildman–Crippen MR) is 109 cm³/mol. The Balaban J connectivity index is 1.88. The van der Waals surface area contributed by atoms with Gasteiger partial charge < -0.3 is 19.1 Å². The molecule has 1 aromatic carbocycles. The van der Waals surface area contributed by atoms with E-state index in [9.17, 15) is 14.9 Å². The highest BCUT2D eigenvalue weighted by atomic mass is 16.6. The number of amides is 1. The van der Waals surface area contributed by atoms with Crippen molar-refractivity contribution in [2.24, 2.45) is 0 Å². The zero-order valence-corrected chi connectivity index (χ0v) is 17.5. The Morgan fingerprint density at radius 1 is 1.27 bits per heavy atom. The summed E-state index contributed by atoms with van der Waals surface area (Å²) < 4.78 is 12.3. The summed E-state index contributed by atoms with van der Waals surface area (Å²) in [4.78, 5) is 28.9. The first-order valence-electron chi connectivity index (χ1n) is 9.37. The van der Waals surface area contributed by atoms with Crippen molar-refractivity contribution in [2.45, 2.75) is 52.3 Å². The molecule has 1 amide bonds. The molecular weight excluding hydrogens is 386 g/mol. The number of carbonyl (C=O) groups is 1. The molecule has 30 heavy (non-hydrogen) atoms. The quantitative estimate of drug-likeness (QED) is 0.702. The fourth-order valence-electron chi connectivity index (χ4n) is 2.89. The number of ether oxygens (including phenoxy) is 1. The Labute approximate surface area is 173 Å². The molecule has 1 N–H and O–H groups in total. The van der Waals surface area contributed by atoms with Gasteiger partial charge in [-0.1, -0.05) is 17.3 Å². The average molecular weight is 409 g/mol. The average Bonchev–Trinajstić information content (AvgIpc) is 3.11. The minimum Gasteiger partial charge on any atom is -0.444 e. The van der Waals surface area contributed by atoms with Crippen LogP contribution in [0.5, 0.6) is 0 Å². The Kier molecular flexibility index (Phi) is 5.35. The van der Waals surface area contributed by atoms with Gasteiger partial charge in [-0.15, -0.1) is 0 Å². The lowest BCUT2D eigenvalue weighted by atomic mass is 10.1. The number of fused-ring (bicyclic) bond motifs is 1. The lowest BCUT2D eigenvalue weighted by molar-refractivity contribution is 0.0465. The number of pyridine rings is 1. The zero-order valence-electron chi connectivity index (χ0n) is 17.5. The van der Waals surface area contributed by atoms with Gasteiger partial charge in [-0.2, -0.15) is 10.2 Å². The van der Waals surface area contributed by atoms with Gasteiger partial charge in [0.1, 0.15) is 29.3 Å². The molecule has 0 atom stereocenters. The van der Waals surface area contributed by atoms with E-state index in [1.54, 1.807) is 63.5 Å². The van der Waals surface area contributed by atoms with Crippen LogP contribution < -0.4 is 10.7 Å². The molecule has 3 aromatic rings. The minimum atomic E-state index is -0.937. The molecular formula is C21H23N5O4. The number of benzene rings is 1. The van der Waals surface area contributed by atoms with Crippen LogP contribution in [0.1, 0.15) is 51.9 Å². The van der Waals surface area contributed by atoms with Crippen LogP contribution in [0, 0.1) is 11.3 Å². The van der Waals surface area contributed by atoms with E-state index >= 15 is 0 Å². The first-order valence-corrected chi connectivity index (χ1v) is 9.37. The van der Waals surface area contributed by atoms with Gasteiger partial charge in [0.15, 0.2) is 5.82 Å². The molecule has 3 rings (SSSR count). The highest BCUT2D eigenvalue weighted by molar-refractivity contribution is 5.80. The normalized spacial score (nSPS) is 11.9. The number of para-hydroxylation sites is 1. The molecule has 0 aliphatic rings. The summed E-state index contributed by atoms with van der Waals surface area (Å²) in [5.74, 6) is 0.538. The number of alkyl carbamates (subject to hydrolysis) is 1. The lowest BCUT2D eigenvalue weighted by Crippen LogP contribution is -2.44. The number of nitrogens with zero attached hydrogens (tertiary/aromatic N) is 4. The summed E-state index contributed by atoms with van der Waals surface area (Å²) in [6.45, 7) is 8.94. The fraction of sp³-hybridized carbons (Fsp3) is 0.381. The second-order valence-electron chi connectivity index (χ2n) is 8.39. The van der Waals surface area contributed by atoms with E-state index in [0.717, 1.165) is 0 Å². The number of hydrogen-bond acceptors (Lipinski definition) is 7. The third-order valence-electron chi connectivity index (χ3n) is 4.25. The maximum Gasteiger partial charge on any atom is 0.408 e. The maximum atomic E-state index is 12.4. The lowest BCUT2D eigenvalue weighted by Gasteiger charge is -2.26. The summed E-state index contributed by atoms with van der Waals surface area (Å²) in [7, 11) is 0. The molecule has 0 saturated carbocycles. The van der Waals surface area contributed by atoms with Gasteiger partial charge >= 0.3 is 6.09 Å². The van der Waals surface area contributed by atoms with E-state index in [1.807, 2.05) is 6.07 Å². The number of hydrogen-bond donors (Lipinski definition) is 1. The third-order valence-corrected chi connectivity index (χ3v) is 4.25. The summed E-state index contributed by atoms with van der Waals surface area (Å²) in [5.41, 5.74) is -1.22. The van der Waals surface area contributed by atoms with Gasteiger partial charge in [-0.05, 0) is 46.8 Å². The monoisotopic (exact) mass is 409 g/mol. The molecule has 0 saturated heterocycles. The minimum absolute atomic E-state index is 0.0281. The molecule has 2 aromatic heterocycles. The van der Waals surface area contributed by atoms with E-state index in [1.165, 1.54) is 6.20 Å². The first kappa shape index (κ1) is 21.0. The molecule has 9 heteroatoms. The summed E-state index contributed by atoms with van der Waals surface area (Å²) in [6.07, 6.45) is 0.877. The van der Waals surface area contributed by atoms with Crippen LogP contribution in [-0.2, 0) is 16.8 Å². The number of rotatable bonds is 4. The fourth-order valence-corrected chi connectivity index (χ4v) is 2.89. The SMILES string of the molecule is CC(C)(C)OC(=O)NC(C)(C)c1noc(Cn2cc(C#N)c(=O)c3ccccc32)n1. The van der Waals surface area contributed by atoms with Crippen molar-refractivity contribution in [3.05, 3.63) is 58.0 Å². The van der Waals surface area contributed by atoms with Crippen LogP contribution in [0.3, 0.4) is 0 Å². The Bertz CT molecular complexity index is 1190. The van der Waals surface area contributed by atoms with E-state index in [4.69, 9.17) is 9.26 Å². The molecule has 0 spiro atoms. The van der Waals surface area contributed by atoms with Crippen LogP contribution in [-0.4, -0.2) is 26.4 Å². The van der Waals surface area contributed by atoms with Gasteiger partial charge in [0.05, 0.1) is 5.52 Å². The second kappa shape index (κ2) is 7.63. The highest BCUT2D eigenvalue weighted by Crippen LogP contribution is 2.19. The smallest absolute Gasteiger partial charge is 0.408 e. The number of nitrogens with one attached hydrogen (secondary N) is 1. The molecule has 0 radical (unpaired) electrons. The van der Waals surface area contributed by atoms with Crippen LogP contribution >= 0.6 is 0 Å². The van der Waals surface area contributed by atoms with Crippen molar-refractivity contribution in [2.75, 3.05) is 0 Å². The number of nitriles is 1. The number of carbonyl (C=O) groups excluding carboxylic acids is 1. The van der Waals surface area contributed by atoms with Gasteiger partial charge in [-0.3, -0.25) is 4.79 Å². The molecule has 156 valence electrons. The molecule has 0 unspecified atom stereocenters. The van der Waals surface area contributed by atoms with Crippen molar-refractivity contribution < 1.29 is 14.1 Å². The van der Waals surface area contributed by atoms with Crippen molar-refractivity contribution in [3.8, 4) is 6.07 Å². The molecule has 9 nitrogen and oxygen atoms in total. The van der Waals surface area contributed by atoms with Crippen LogP contribution in [0.2, 0.25) is 0 Å². The third kappa shape index (κ3) is 4.49. The number of aromatic nitrogens is 3. The summed E-state index contributed by atoms with van der Waals surface area (Å²) in [6, 6.07) is 8.92. The van der Waals surface area contributed by atoms with Crippen LogP contribution in [0.4, 0.5) is 4.79 Å². The van der Waals surface area contributed by atoms with Crippen molar-refractivity contribution in [3.63, 3.8) is 0 Å². The van der Waals surface area contributed by atoms with Gasteiger partial charge in [-0.25, -0.2) is 4.79 Å². The predicted octanol–water partition coefficient (Wildman–Crippen LogP) is 3.06. The first-order chi connectivity index (χ1) is 14.0. The van der Waals surface area contributed by atoms with E-state index < -0.39 is 17.2 Å². The van der Waals surface area contributed by atoms with Gasteiger partial charge in [0.2, 0.25) is 11.3 Å². The van der Waals surface area contributed by atoms with Crippen molar-refractivity contribution in [1.29, 1.82) is 5.26 Å². The molecule has 2 heterocycles. The second-order valence-corrected chi connectivity index (χ2v) is 8.39. The molecule has 0 aliphatic carbocycles. The van der Waals surface area contributed by atoms with Crippen molar-refractivity contribution in [1.82, 2.24) is 20.0 Å². The summed E-state index contributed by atoms with van der Waals surface area (Å²) in [5, 5.41) is 16.4. The molecule has 0 bridgehead atoms. The van der Waals surface area contributed by atoms with E-state index in [0.29, 0.717) is 10.9 Å². The highest BCUT2D eigenvalue weighted by Gasteiger charge is 2.31. The Morgan fingerprint density at radius 2 is 1.97 bits per heavy atom. The summed E-state index contributed by atoms with van der Waals surface area (Å²) >= 11 is 0.